The number of nitrogens with one attached hydrogen (secondary N) is 1. The summed E-state index contributed by atoms with van der Waals surface area (Å²) in [5.74, 6) is 1.45. The summed E-state index contributed by atoms with van der Waals surface area (Å²) in [5.41, 5.74) is -0.511. The molecule has 1 aromatic heterocycles. The molecular weight excluding hydrogens is 324 g/mol. The van der Waals surface area contributed by atoms with Gasteiger partial charge in [-0.3, -0.25) is 10.1 Å². The normalized spacial score (nSPS) is 14.8. The lowest BCUT2D eigenvalue weighted by atomic mass is 10.0. The van der Waals surface area contributed by atoms with Gasteiger partial charge in [-0.25, -0.2) is 0 Å². The SMILES string of the molecule is CCOc1ccc(C(C)NCC(C)(O)c2ccc(C)o2)cc1[N+](=O)[O-]. The lowest BCUT2D eigenvalue weighted by Gasteiger charge is -2.24. The van der Waals surface area contributed by atoms with Crippen molar-refractivity contribution in [1.82, 2.24) is 5.32 Å². The molecule has 0 aliphatic carbocycles. The summed E-state index contributed by atoms with van der Waals surface area (Å²) in [5, 5.41) is 25.0. The summed E-state index contributed by atoms with van der Waals surface area (Å²) < 4.78 is 10.8. The van der Waals surface area contributed by atoms with Crippen LogP contribution in [-0.4, -0.2) is 23.2 Å². The number of rotatable bonds is 8. The van der Waals surface area contributed by atoms with Gasteiger partial charge in [0.05, 0.1) is 11.5 Å². The van der Waals surface area contributed by atoms with E-state index < -0.39 is 10.5 Å². The summed E-state index contributed by atoms with van der Waals surface area (Å²) in [6.07, 6.45) is 0. The minimum absolute atomic E-state index is 0.0681. The molecule has 136 valence electrons. The summed E-state index contributed by atoms with van der Waals surface area (Å²) in [6.45, 7) is 7.73. The van der Waals surface area contributed by atoms with Crippen molar-refractivity contribution in [3.05, 3.63) is 57.5 Å². The first kappa shape index (κ1) is 19.0. The van der Waals surface area contributed by atoms with E-state index >= 15 is 0 Å². The topological polar surface area (TPSA) is 97.8 Å². The number of furan rings is 1. The van der Waals surface area contributed by atoms with E-state index in [4.69, 9.17) is 9.15 Å². The third-order valence-corrected chi connectivity index (χ3v) is 4.00. The molecular formula is C18H24N2O5. The summed E-state index contributed by atoms with van der Waals surface area (Å²) >= 11 is 0. The zero-order valence-corrected chi connectivity index (χ0v) is 14.9. The summed E-state index contributed by atoms with van der Waals surface area (Å²) in [6, 6.07) is 8.21. The van der Waals surface area contributed by atoms with E-state index in [1.54, 1.807) is 38.1 Å². The van der Waals surface area contributed by atoms with Gasteiger partial charge in [-0.2, -0.15) is 0 Å². The molecule has 2 rings (SSSR count). The first-order chi connectivity index (χ1) is 11.7. The highest BCUT2D eigenvalue weighted by atomic mass is 16.6. The molecule has 1 aromatic carbocycles. The average molecular weight is 348 g/mol. The third kappa shape index (κ3) is 4.58. The molecule has 1 heterocycles. The van der Waals surface area contributed by atoms with Gasteiger partial charge in [-0.05, 0) is 51.5 Å². The molecule has 0 bridgehead atoms. The van der Waals surface area contributed by atoms with Crippen molar-refractivity contribution in [2.75, 3.05) is 13.2 Å². The van der Waals surface area contributed by atoms with Gasteiger partial charge < -0.3 is 19.6 Å². The fourth-order valence-corrected chi connectivity index (χ4v) is 2.50. The average Bonchev–Trinajstić information content (AvgIpc) is 3.00. The number of benzene rings is 1. The number of hydrogen-bond acceptors (Lipinski definition) is 6. The second-order valence-electron chi connectivity index (χ2n) is 6.20. The van der Waals surface area contributed by atoms with Crippen LogP contribution in [0.4, 0.5) is 5.69 Å². The maximum atomic E-state index is 11.2. The molecule has 0 radical (unpaired) electrons. The van der Waals surface area contributed by atoms with Crippen molar-refractivity contribution in [3.63, 3.8) is 0 Å². The van der Waals surface area contributed by atoms with Crippen LogP contribution in [0.2, 0.25) is 0 Å². The molecule has 0 fully saturated rings. The van der Waals surface area contributed by atoms with Crippen LogP contribution in [0.25, 0.3) is 0 Å². The van der Waals surface area contributed by atoms with Crippen molar-refractivity contribution in [2.24, 2.45) is 0 Å². The highest BCUT2D eigenvalue weighted by Gasteiger charge is 2.27. The number of nitrogens with zero attached hydrogens (tertiary/aromatic N) is 1. The second kappa shape index (κ2) is 7.67. The van der Waals surface area contributed by atoms with Crippen molar-refractivity contribution >= 4 is 5.69 Å². The van der Waals surface area contributed by atoms with Crippen LogP contribution >= 0.6 is 0 Å². The Kier molecular flexibility index (Phi) is 5.81. The highest BCUT2D eigenvalue weighted by molar-refractivity contribution is 5.49. The number of aryl methyl sites for hydroxylation is 1. The van der Waals surface area contributed by atoms with Gasteiger partial charge in [0.2, 0.25) is 0 Å². The number of nitro groups is 1. The molecule has 2 N–H and O–H groups in total. The van der Waals surface area contributed by atoms with Gasteiger partial charge in [0.1, 0.15) is 17.1 Å². The van der Waals surface area contributed by atoms with Crippen LogP contribution in [-0.2, 0) is 5.60 Å². The molecule has 0 aliphatic rings. The third-order valence-electron chi connectivity index (χ3n) is 4.00. The van der Waals surface area contributed by atoms with Crippen molar-refractivity contribution in [1.29, 1.82) is 0 Å². The van der Waals surface area contributed by atoms with Crippen molar-refractivity contribution in [2.45, 2.75) is 39.3 Å². The minimum Gasteiger partial charge on any atom is -0.487 e. The number of nitro benzene ring substituents is 1. The first-order valence-electron chi connectivity index (χ1n) is 8.18. The minimum atomic E-state index is -1.18. The Morgan fingerprint density at radius 1 is 1.40 bits per heavy atom. The first-order valence-corrected chi connectivity index (χ1v) is 8.18. The van der Waals surface area contributed by atoms with Crippen LogP contribution in [0.1, 0.15) is 43.9 Å². The largest absolute Gasteiger partial charge is 0.487 e. The van der Waals surface area contributed by atoms with Crippen LogP contribution < -0.4 is 10.1 Å². The Balaban J connectivity index is 2.11. The Morgan fingerprint density at radius 3 is 2.68 bits per heavy atom. The van der Waals surface area contributed by atoms with E-state index in [2.05, 4.69) is 5.32 Å². The summed E-state index contributed by atoms with van der Waals surface area (Å²) in [7, 11) is 0. The summed E-state index contributed by atoms with van der Waals surface area (Å²) in [4.78, 5) is 10.8. The Labute approximate surface area is 146 Å². The lowest BCUT2D eigenvalue weighted by molar-refractivity contribution is -0.385. The quantitative estimate of drug-likeness (QED) is 0.560. The van der Waals surface area contributed by atoms with Gasteiger partial charge in [0, 0.05) is 18.7 Å². The predicted molar refractivity (Wildman–Crippen MR) is 93.7 cm³/mol. The number of ether oxygens (including phenoxy) is 1. The van der Waals surface area contributed by atoms with Gasteiger partial charge in [0.25, 0.3) is 0 Å². The molecule has 0 spiro atoms. The smallest absolute Gasteiger partial charge is 0.311 e. The number of aliphatic hydroxyl groups is 1. The van der Waals surface area contributed by atoms with Gasteiger partial charge in [-0.15, -0.1) is 0 Å². The van der Waals surface area contributed by atoms with Crippen LogP contribution in [0.3, 0.4) is 0 Å². The van der Waals surface area contributed by atoms with Crippen molar-refractivity contribution in [3.8, 4) is 5.75 Å². The molecule has 2 unspecified atom stereocenters. The van der Waals surface area contributed by atoms with E-state index in [0.717, 1.165) is 11.3 Å². The molecule has 2 aromatic rings. The monoisotopic (exact) mass is 348 g/mol. The van der Waals surface area contributed by atoms with Crippen LogP contribution in [0, 0.1) is 17.0 Å². The molecule has 0 aliphatic heterocycles. The van der Waals surface area contributed by atoms with Gasteiger partial charge in [-0.1, -0.05) is 6.07 Å². The van der Waals surface area contributed by atoms with Crippen LogP contribution in [0.5, 0.6) is 5.75 Å². The fraction of sp³-hybridized carbons (Fsp3) is 0.444. The van der Waals surface area contributed by atoms with Crippen LogP contribution in [0.15, 0.2) is 34.7 Å². The molecule has 7 nitrogen and oxygen atoms in total. The van der Waals surface area contributed by atoms with E-state index in [1.807, 2.05) is 13.8 Å². The van der Waals surface area contributed by atoms with E-state index in [-0.39, 0.29) is 24.0 Å². The highest BCUT2D eigenvalue weighted by Crippen LogP contribution is 2.30. The van der Waals surface area contributed by atoms with E-state index in [9.17, 15) is 15.2 Å². The van der Waals surface area contributed by atoms with E-state index in [0.29, 0.717) is 12.4 Å². The lowest BCUT2D eigenvalue weighted by Crippen LogP contribution is -2.36. The molecule has 7 heteroatoms. The molecule has 0 saturated carbocycles. The Morgan fingerprint density at radius 2 is 2.12 bits per heavy atom. The fourth-order valence-electron chi connectivity index (χ4n) is 2.50. The Bertz CT molecular complexity index is 739. The Hall–Kier alpha value is -2.38. The van der Waals surface area contributed by atoms with E-state index in [1.165, 1.54) is 6.07 Å². The molecule has 2 atom stereocenters. The zero-order chi connectivity index (χ0) is 18.6. The second-order valence-corrected chi connectivity index (χ2v) is 6.20. The molecule has 0 amide bonds. The zero-order valence-electron chi connectivity index (χ0n) is 14.9. The standard InChI is InChI=1S/C18H24N2O5/c1-5-24-16-8-7-14(10-15(16)20(22)23)13(3)19-11-18(4,21)17-9-6-12(2)25-17/h6-10,13,19,21H,5,11H2,1-4H3. The maximum Gasteiger partial charge on any atom is 0.311 e. The molecule has 0 saturated heterocycles. The maximum absolute atomic E-state index is 11.2. The predicted octanol–water partition coefficient (Wildman–Crippen LogP) is 3.45. The van der Waals surface area contributed by atoms with Crippen molar-refractivity contribution < 1.29 is 19.2 Å². The van der Waals surface area contributed by atoms with Gasteiger partial charge in [0.15, 0.2) is 5.75 Å². The van der Waals surface area contributed by atoms with Gasteiger partial charge >= 0.3 is 5.69 Å². The molecule has 25 heavy (non-hydrogen) atoms. The number of hydrogen-bond donors (Lipinski definition) is 2.